The van der Waals surface area contributed by atoms with Gasteiger partial charge in [-0.15, -0.1) is 0 Å². The molecule has 0 bridgehead atoms. The fourth-order valence-corrected chi connectivity index (χ4v) is 6.23. The van der Waals surface area contributed by atoms with Gasteiger partial charge < -0.3 is 18.9 Å². The maximum Gasteiger partial charge on any atom is 0.243 e. The molecule has 32 heavy (non-hydrogen) atoms. The average molecular weight is 487 g/mol. The van der Waals surface area contributed by atoms with Crippen molar-refractivity contribution in [3.63, 3.8) is 0 Å². The highest BCUT2D eigenvalue weighted by molar-refractivity contribution is 7.89. The third kappa shape index (κ3) is 4.77. The molecule has 1 fully saturated rings. The number of benzene rings is 2. The first kappa shape index (κ1) is 24.1. The van der Waals surface area contributed by atoms with Crippen LogP contribution >= 0.6 is 0 Å². The fourth-order valence-electron chi connectivity index (χ4n) is 3.44. The van der Waals surface area contributed by atoms with E-state index in [-0.39, 0.29) is 28.6 Å². The maximum atomic E-state index is 13.1. The van der Waals surface area contributed by atoms with Crippen LogP contribution in [0, 0.1) is 0 Å². The molecule has 2 aromatic rings. The van der Waals surface area contributed by atoms with E-state index in [4.69, 9.17) is 18.9 Å². The number of sulfonamides is 2. The zero-order chi connectivity index (χ0) is 23.5. The summed E-state index contributed by atoms with van der Waals surface area (Å²) in [6.45, 7) is 0.180. The number of ether oxygens (including phenoxy) is 4. The van der Waals surface area contributed by atoms with Crippen LogP contribution in [0.5, 0.6) is 23.0 Å². The lowest BCUT2D eigenvalue weighted by atomic mass is 10.3. The topological polar surface area (TPSA) is 120 Å². The highest BCUT2D eigenvalue weighted by Crippen LogP contribution is 2.32. The monoisotopic (exact) mass is 486 g/mol. The van der Waals surface area contributed by atoms with Crippen molar-refractivity contribution in [2.45, 2.75) is 22.3 Å². The Kier molecular flexibility index (Phi) is 7.18. The minimum absolute atomic E-state index is 0.00317. The van der Waals surface area contributed by atoms with Gasteiger partial charge in [0.1, 0.15) is 0 Å². The lowest BCUT2D eigenvalue weighted by molar-refractivity contribution is 0.353. The summed E-state index contributed by atoms with van der Waals surface area (Å²) < 4.78 is 76.2. The highest BCUT2D eigenvalue weighted by atomic mass is 32.2. The third-order valence-corrected chi connectivity index (χ3v) is 8.51. The molecule has 0 radical (unpaired) electrons. The van der Waals surface area contributed by atoms with E-state index in [1.165, 1.54) is 69.1 Å². The first-order valence-electron chi connectivity index (χ1n) is 9.62. The van der Waals surface area contributed by atoms with E-state index in [2.05, 4.69) is 4.72 Å². The average Bonchev–Trinajstić information content (AvgIpc) is 3.26. The van der Waals surface area contributed by atoms with Gasteiger partial charge in [-0.05, 0) is 30.7 Å². The Labute approximate surface area is 188 Å². The fraction of sp³-hybridized carbons (Fsp3) is 0.400. The predicted molar refractivity (Wildman–Crippen MR) is 117 cm³/mol. The molecule has 1 heterocycles. The minimum atomic E-state index is -3.90. The molecule has 1 saturated heterocycles. The van der Waals surface area contributed by atoms with Gasteiger partial charge in [-0.2, -0.15) is 4.31 Å². The lowest BCUT2D eigenvalue weighted by Gasteiger charge is -2.18. The van der Waals surface area contributed by atoms with E-state index < -0.39 is 26.1 Å². The van der Waals surface area contributed by atoms with E-state index in [1.54, 1.807) is 0 Å². The van der Waals surface area contributed by atoms with Gasteiger partial charge in [0, 0.05) is 31.3 Å². The molecule has 0 saturated carbocycles. The van der Waals surface area contributed by atoms with Crippen molar-refractivity contribution in [2.75, 3.05) is 41.5 Å². The van der Waals surface area contributed by atoms with Crippen molar-refractivity contribution in [1.82, 2.24) is 9.03 Å². The van der Waals surface area contributed by atoms with Gasteiger partial charge in [0.2, 0.25) is 20.0 Å². The Bertz CT molecular complexity index is 1180. The smallest absolute Gasteiger partial charge is 0.243 e. The third-order valence-electron chi connectivity index (χ3n) is 5.13. The number of nitrogens with one attached hydrogen (secondary N) is 1. The second-order valence-corrected chi connectivity index (χ2v) is 10.7. The summed E-state index contributed by atoms with van der Waals surface area (Å²) in [7, 11) is -1.99. The van der Waals surface area contributed by atoms with Crippen molar-refractivity contribution < 1.29 is 35.8 Å². The summed E-state index contributed by atoms with van der Waals surface area (Å²) in [5.74, 6) is 1.38. The SMILES string of the molecule is COc1ccc(S(=O)(=O)NC2CCN(S(=O)(=O)c3ccc(OC)c(OC)c3)C2)cc1OC. The first-order valence-corrected chi connectivity index (χ1v) is 12.5. The molecule has 1 atom stereocenters. The van der Waals surface area contributed by atoms with Crippen LogP contribution in [0.3, 0.4) is 0 Å². The molecular weight excluding hydrogens is 460 g/mol. The van der Waals surface area contributed by atoms with Crippen LogP contribution in [0.2, 0.25) is 0 Å². The van der Waals surface area contributed by atoms with Crippen LogP contribution in [0.4, 0.5) is 0 Å². The van der Waals surface area contributed by atoms with Gasteiger partial charge >= 0.3 is 0 Å². The predicted octanol–water partition coefficient (Wildman–Crippen LogP) is 1.46. The Morgan fingerprint density at radius 1 is 0.781 bits per heavy atom. The molecule has 3 rings (SSSR count). The normalized spacial score (nSPS) is 17.2. The number of hydrogen-bond acceptors (Lipinski definition) is 8. The molecule has 0 spiro atoms. The quantitative estimate of drug-likeness (QED) is 0.566. The van der Waals surface area contributed by atoms with Crippen LogP contribution in [0.25, 0.3) is 0 Å². The van der Waals surface area contributed by atoms with Crippen LogP contribution in [0.15, 0.2) is 46.2 Å². The molecule has 0 aromatic heterocycles. The van der Waals surface area contributed by atoms with E-state index in [9.17, 15) is 16.8 Å². The number of methoxy groups -OCH3 is 4. The van der Waals surface area contributed by atoms with Gasteiger partial charge in [0.05, 0.1) is 38.2 Å². The van der Waals surface area contributed by atoms with Crippen molar-refractivity contribution in [1.29, 1.82) is 0 Å². The highest BCUT2D eigenvalue weighted by Gasteiger charge is 2.35. The Hall–Kier alpha value is -2.54. The molecule has 2 aromatic carbocycles. The van der Waals surface area contributed by atoms with Crippen LogP contribution in [-0.2, 0) is 20.0 Å². The van der Waals surface area contributed by atoms with Crippen molar-refractivity contribution in [3.05, 3.63) is 36.4 Å². The van der Waals surface area contributed by atoms with Gasteiger partial charge in [0.15, 0.2) is 23.0 Å². The molecule has 0 amide bonds. The van der Waals surface area contributed by atoms with Crippen LogP contribution in [-0.4, -0.2) is 68.7 Å². The van der Waals surface area contributed by atoms with E-state index >= 15 is 0 Å². The van der Waals surface area contributed by atoms with Gasteiger partial charge in [-0.3, -0.25) is 0 Å². The van der Waals surface area contributed by atoms with E-state index in [0.717, 1.165) is 0 Å². The van der Waals surface area contributed by atoms with Crippen molar-refractivity contribution in [2.24, 2.45) is 0 Å². The molecular formula is C20H26N2O8S2. The maximum absolute atomic E-state index is 13.1. The molecule has 1 aliphatic heterocycles. The number of rotatable bonds is 9. The standard InChI is InChI=1S/C20H26N2O8S2/c1-27-17-7-5-15(11-19(17)29-3)31(23,24)21-14-9-10-22(13-14)32(25,26)16-6-8-18(28-2)20(12-16)30-4/h5-8,11-12,14,21H,9-10,13H2,1-4H3. The second kappa shape index (κ2) is 9.53. The Morgan fingerprint density at radius 2 is 1.28 bits per heavy atom. The zero-order valence-electron chi connectivity index (χ0n) is 18.2. The number of hydrogen-bond donors (Lipinski definition) is 1. The lowest BCUT2D eigenvalue weighted by Crippen LogP contribution is -2.38. The molecule has 1 unspecified atom stereocenters. The largest absolute Gasteiger partial charge is 0.493 e. The summed E-state index contributed by atoms with van der Waals surface area (Å²) in [4.78, 5) is 0.0369. The van der Waals surface area contributed by atoms with Crippen LogP contribution < -0.4 is 23.7 Å². The van der Waals surface area contributed by atoms with E-state index in [1.807, 2.05) is 0 Å². The molecule has 1 N–H and O–H groups in total. The summed E-state index contributed by atoms with van der Waals surface area (Å²) in [5.41, 5.74) is 0. The summed E-state index contributed by atoms with van der Waals surface area (Å²) in [5, 5.41) is 0. The molecule has 12 heteroatoms. The Morgan fingerprint density at radius 3 is 1.81 bits per heavy atom. The summed E-state index contributed by atoms with van der Waals surface area (Å²) in [6, 6.07) is 8.00. The molecule has 0 aliphatic carbocycles. The molecule has 10 nitrogen and oxygen atoms in total. The van der Waals surface area contributed by atoms with Crippen molar-refractivity contribution >= 4 is 20.0 Å². The van der Waals surface area contributed by atoms with Crippen LogP contribution in [0.1, 0.15) is 6.42 Å². The second-order valence-electron chi connectivity index (χ2n) is 7.00. The Balaban J connectivity index is 1.76. The van der Waals surface area contributed by atoms with Gasteiger partial charge in [0.25, 0.3) is 0 Å². The van der Waals surface area contributed by atoms with Gasteiger partial charge in [-0.1, -0.05) is 0 Å². The molecule has 1 aliphatic rings. The van der Waals surface area contributed by atoms with Crippen molar-refractivity contribution in [3.8, 4) is 23.0 Å². The molecule has 176 valence electrons. The summed E-state index contributed by atoms with van der Waals surface area (Å²) >= 11 is 0. The zero-order valence-corrected chi connectivity index (χ0v) is 19.8. The van der Waals surface area contributed by atoms with E-state index in [0.29, 0.717) is 23.7 Å². The summed E-state index contributed by atoms with van der Waals surface area (Å²) in [6.07, 6.45) is 0.332. The number of nitrogens with zero attached hydrogens (tertiary/aromatic N) is 1. The first-order chi connectivity index (χ1) is 15.2. The van der Waals surface area contributed by atoms with Gasteiger partial charge in [-0.25, -0.2) is 21.6 Å². The minimum Gasteiger partial charge on any atom is -0.493 e.